The topological polar surface area (TPSA) is 63.3 Å². The van der Waals surface area contributed by atoms with Gasteiger partial charge < -0.3 is 10.8 Å². The number of hydrogen-bond acceptors (Lipinski definition) is 2. The Morgan fingerprint density at radius 1 is 0.900 bits per heavy atom. The minimum atomic E-state index is -0.727. The molecule has 0 fully saturated rings. The predicted molar refractivity (Wildman–Crippen MR) is 85.9 cm³/mol. The lowest BCUT2D eigenvalue weighted by atomic mass is 9.92. The third-order valence-corrected chi connectivity index (χ3v) is 4.17. The standard InChI is InChI=1S/C17H35NO2/c1-3-5-6-7-8-9-10-11-12-13-14-15(17(19)20)16(18)4-2/h15-16H,3-14,18H2,1-2H3,(H,19,20). The largest absolute Gasteiger partial charge is 0.481 e. The molecule has 3 heteroatoms. The van der Waals surface area contributed by atoms with Gasteiger partial charge in [-0.1, -0.05) is 78.1 Å². The summed E-state index contributed by atoms with van der Waals surface area (Å²) in [7, 11) is 0. The molecule has 0 aliphatic heterocycles. The number of carboxylic acids is 1. The summed E-state index contributed by atoms with van der Waals surface area (Å²) in [5.41, 5.74) is 5.86. The first kappa shape index (κ1) is 19.4. The van der Waals surface area contributed by atoms with E-state index in [9.17, 15) is 4.79 Å². The Hall–Kier alpha value is -0.570. The van der Waals surface area contributed by atoms with Crippen LogP contribution in [0.2, 0.25) is 0 Å². The van der Waals surface area contributed by atoms with Crippen LogP contribution in [0.5, 0.6) is 0 Å². The van der Waals surface area contributed by atoms with Gasteiger partial charge in [0.2, 0.25) is 0 Å². The van der Waals surface area contributed by atoms with Gasteiger partial charge in [-0.15, -0.1) is 0 Å². The summed E-state index contributed by atoms with van der Waals surface area (Å²) in [5.74, 6) is -1.08. The molecule has 0 radical (unpaired) electrons. The van der Waals surface area contributed by atoms with E-state index in [-0.39, 0.29) is 12.0 Å². The summed E-state index contributed by atoms with van der Waals surface area (Å²) in [4.78, 5) is 11.1. The molecule has 20 heavy (non-hydrogen) atoms. The minimum Gasteiger partial charge on any atom is -0.481 e. The lowest BCUT2D eigenvalue weighted by Crippen LogP contribution is -2.34. The van der Waals surface area contributed by atoms with Crippen LogP contribution in [0.3, 0.4) is 0 Å². The number of carbonyl (C=O) groups is 1. The van der Waals surface area contributed by atoms with Crippen molar-refractivity contribution in [2.24, 2.45) is 11.7 Å². The number of nitrogens with two attached hydrogens (primary N) is 1. The summed E-state index contributed by atoms with van der Waals surface area (Å²) in [6, 6.07) is -0.189. The zero-order valence-electron chi connectivity index (χ0n) is 13.6. The van der Waals surface area contributed by atoms with Crippen LogP contribution < -0.4 is 5.73 Å². The van der Waals surface area contributed by atoms with Gasteiger partial charge in [0.05, 0.1) is 5.92 Å². The van der Waals surface area contributed by atoms with E-state index in [4.69, 9.17) is 10.8 Å². The van der Waals surface area contributed by atoms with Crippen molar-refractivity contribution in [1.29, 1.82) is 0 Å². The van der Waals surface area contributed by atoms with Crippen LogP contribution in [-0.4, -0.2) is 17.1 Å². The van der Waals surface area contributed by atoms with Gasteiger partial charge in [-0.2, -0.15) is 0 Å². The third kappa shape index (κ3) is 10.2. The van der Waals surface area contributed by atoms with Crippen molar-refractivity contribution in [3.05, 3.63) is 0 Å². The average molecular weight is 285 g/mol. The van der Waals surface area contributed by atoms with E-state index in [0.717, 1.165) is 25.7 Å². The first-order valence-corrected chi connectivity index (χ1v) is 8.61. The molecule has 3 N–H and O–H groups in total. The second kappa shape index (κ2) is 13.4. The summed E-state index contributed by atoms with van der Waals surface area (Å²) >= 11 is 0. The monoisotopic (exact) mass is 285 g/mol. The third-order valence-electron chi connectivity index (χ3n) is 4.17. The molecule has 0 spiro atoms. The second-order valence-electron chi connectivity index (χ2n) is 5.99. The van der Waals surface area contributed by atoms with Crippen LogP contribution >= 0.6 is 0 Å². The highest BCUT2D eigenvalue weighted by atomic mass is 16.4. The van der Waals surface area contributed by atoms with E-state index >= 15 is 0 Å². The fourth-order valence-electron chi connectivity index (χ4n) is 2.66. The lowest BCUT2D eigenvalue weighted by molar-refractivity contribution is -0.142. The zero-order chi connectivity index (χ0) is 15.2. The maximum absolute atomic E-state index is 11.1. The molecule has 0 aliphatic carbocycles. The van der Waals surface area contributed by atoms with Crippen molar-refractivity contribution < 1.29 is 9.90 Å². The van der Waals surface area contributed by atoms with E-state index in [1.165, 1.54) is 51.4 Å². The Kier molecular flexibility index (Phi) is 13.0. The summed E-state index contributed by atoms with van der Waals surface area (Å²) in [6.07, 6.45) is 14.3. The molecule has 120 valence electrons. The normalized spacial score (nSPS) is 14.2. The van der Waals surface area contributed by atoms with Gasteiger partial charge in [0.1, 0.15) is 0 Å². The lowest BCUT2D eigenvalue weighted by Gasteiger charge is -2.18. The van der Waals surface area contributed by atoms with Crippen LogP contribution in [0.25, 0.3) is 0 Å². The first-order valence-electron chi connectivity index (χ1n) is 8.61. The molecule has 0 amide bonds. The van der Waals surface area contributed by atoms with Crippen molar-refractivity contribution in [1.82, 2.24) is 0 Å². The van der Waals surface area contributed by atoms with Gasteiger partial charge in [-0.25, -0.2) is 0 Å². The van der Waals surface area contributed by atoms with Crippen molar-refractivity contribution >= 4 is 5.97 Å². The van der Waals surface area contributed by atoms with Gasteiger partial charge in [-0.05, 0) is 12.8 Å². The SMILES string of the molecule is CCCCCCCCCCCCC(C(=O)O)C(N)CC. The molecule has 3 nitrogen and oxygen atoms in total. The summed E-state index contributed by atoms with van der Waals surface area (Å²) in [5, 5.41) is 9.14. The maximum Gasteiger partial charge on any atom is 0.308 e. The summed E-state index contributed by atoms with van der Waals surface area (Å²) < 4.78 is 0. The highest BCUT2D eigenvalue weighted by Gasteiger charge is 2.22. The number of unbranched alkanes of at least 4 members (excludes halogenated alkanes) is 9. The highest BCUT2D eigenvalue weighted by molar-refractivity contribution is 5.70. The number of hydrogen-bond donors (Lipinski definition) is 2. The van der Waals surface area contributed by atoms with Gasteiger partial charge in [0.25, 0.3) is 0 Å². The average Bonchev–Trinajstić information content (AvgIpc) is 2.43. The zero-order valence-corrected chi connectivity index (χ0v) is 13.6. The van der Waals surface area contributed by atoms with Crippen molar-refractivity contribution in [3.63, 3.8) is 0 Å². The maximum atomic E-state index is 11.1. The van der Waals surface area contributed by atoms with Crippen LogP contribution in [0.4, 0.5) is 0 Å². The molecule has 0 rings (SSSR count). The van der Waals surface area contributed by atoms with E-state index < -0.39 is 5.97 Å². The first-order chi connectivity index (χ1) is 9.63. The Morgan fingerprint density at radius 3 is 1.75 bits per heavy atom. The molecular weight excluding hydrogens is 250 g/mol. The quantitative estimate of drug-likeness (QED) is 0.453. The molecule has 0 aromatic heterocycles. The molecular formula is C17H35NO2. The molecule has 2 unspecified atom stereocenters. The van der Waals surface area contributed by atoms with Gasteiger partial charge >= 0.3 is 5.97 Å². The Balaban J connectivity index is 3.44. The molecule has 0 saturated heterocycles. The van der Waals surface area contributed by atoms with Crippen LogP contribution in [0.15, 0.2) is 0 Å². The molecule has 0 heterocycles. The van der Waals surface area contributed by atoms with Gasteiger partial charge in [-0.3, -0.25) is 4.79 Å². The fraction of sp³-hybridized carbons (Fsp3) is 0.941. The van der Waals surface area contributed by atoms with Crippen molar-refractivity contribution in [3.8, 4) is 0 Å². The molecule has 0 aliphatic rings. The Labute approximate surface area is 125 Å². The summed E-state index contributed by atoms with van der Waals surface area (Å²) in [6.45, 7) is 4.20. The molecule has 0 aromatic carbocycles. The van der Waals surface area contributed by atoms with E-state index in [2.05, 4.69) is 6.92 Å². The van der Waals surface area contributed by atoms with E-state index in [0.29, 0.717) is 0 Å². The highest BCUT2D eigenvalue weighted by Crippen LogP contribution is 2.17. The van der Waals surface area contributed by atoms with E-state index in [1.807, 2.05) is 6.92 Å². The molecule has 0 aromatic rings. The second-order valence-corrected chi connectivity index (χ2v) is 5.99. The van der Waals surface area contributed by atoms with E-state index in [1.54, 1.807) is 0 Å². The number of carboxylic acid groups (broad SMARTS) is 1. The van der Waals surface area contributed by atoms with Gasteiger partial charge in [0.15, 0.2) is 0 Å². The van der Waals surface area contributed by atoms with Crippen molar-refractivity contribution in [2.75, 3.05) is 0 Å². The van der Waals surface area contributed by atoms with Gasteiger partial charge in [0, 0.05) is 6.04 Å². The number of aliphatic carboxylic acids is 1. The smallest absolute Gasteiger partial charge is 0.308 e. The predicted octanol–water partition coefficient (Wildman–Crippen LogP) is 4.74. The molecule has 0 saturated carbocycles. The van der Waals surface area contributed by atoms with Crippen LogP contribution in [0, 0.1) is 5.92 Å². The fourth-order valence-corrected chi connectivity index (χ4v) is 2.66. The van der Waals surface area contributed by atoms with Crippen LogP contribution in [-0.2, 0) is 4.79 Å². The molecule has 0 bridgehead atoms. The number of rotatable bonds is 14. The Bertz CT molecular complexity index is 231. The molecule has 2 atom stereocenters. The Morgan fingerprint density at radius 2 is 1.35 bits per heavy atom. The van der Waals surface area contributed by atoms with Crippen molar-refractivity contribution in [2.45, 2.75) is 96.9 Å². The minimum absolute atomic E-state index is 0.189. The van der Waals surface area contributed by atoms with Crippen LogP contribution in [0.1, 0.15) is 90.9 Å².